The molecule has 0 aliphatic carbocycles. The van der Waals surface area contributed by atoms with E-state index in [1.807, 2.05) is 49.4 Å². The normalized spacial score (nSPS) is 27.4. The van der Waals surface area contributed by atoms with Crippen molar-refractivity contribution in [2.24, 2.45) is 0 Å². The molecule has 0 radical (unpaired) electrons. The summed E-state index contributed by atoms with van der Waals surface area (Å²) in [6.45, 7) is 2.44. The number of nitrogens with zero attached hydrogens (tertiary/aromatic N) is 1. The first-order valence-electron chi connectivity index (χ1n) is 7.84. The van der Waals surface area contributed by atoms with Crippen LogP contribution in [0.15, 0.2) is 59.5 Å². The fraction of sp³-hybridized carbons (Fsp3) is 0.333. The minimum absolute atomic E-state index is 0.0531. The molecule has 0 amide bonds. The first kappa shape index (κ1) is 14.9. The van der Waals surface area contributed by atoms with E-state index >= 15 is 0 Å². The molecule has 3 atom stereocenters. The highest BCUT2D eigenvalue weighted by molar-refractivity contribution is 7.89. The number of hydrogen-bond acceptors (Lipinski definition) is 3. The summed E-state index contributed by atoms with van der Waals surface area (Å²) >= 11 is 0. The zero-order chi connectivity index (χ0) is 16.0. The molecule has 2 bridgehead atoms. The molecule has 0 N–H and O–H groups in total. The molecule has 2 aliphatic heterocycles. The molecule has 23 heavy (non-hydrogen) atoms. The van der Waals surface area contributed by atoms with Crippen molar-refractivity contribution < 1.29 is 13.2 Å². The summed E-state index contributed by atoms with van der Waals surface area (Å²) in [6, 6.07) is 16.5. The molecule has 4 nitrogen and oxygen atoms in total. The Kier molecular flexibility index (Phi) is 3.52. The third kappa shape index (κ3) is 2.40. The molecular formula is C18H19NO3S. The van der Waals surface area contributed by atoms with Crippen LogP contribution in [0.2, 0.25) is 0 Å². The number of ether oxygens (including phenoxy) is 1. The minimum Gasteiger partial charge on any atom is -0.374 e. The van der Waals surface area contributed by atoms with Gasteiger partial charge in [0.1, 0.15) is 0 Å². The highest BCUT2D eigenvalue weighted by Gasteiger charge is 2.53. The van der Waals surface area contributed by atoms with Crippen LogP contribution in [0.5, 0.6) is 0 Å². The fourth-order valence-electron chi connectivity index (χ4n) is 3.62. The molecule has 0 saturated carbocycles. The fourth-order valence-corrected chi connectivity index (χ4v) is 5.44. The summed E-state index contributed by atoms with van der Waals surface area (Å²) < 4.78 is 33.8. The van der Waals surface area contributed by atoms with E-state index in [9.17, 15) is 8.42 Å². The quantitative estimate of drug-likeness (QED) is 0.870. The first-order valence-corrected chi connectivity index (χ1v) is 9.28. The Balaban J connectivity index is 1.78. The Hall–Kier alpha value is -1.69. The number of benzene rings is 2. The maximum Gasteiger partial charge on any atom is 0.244 e. The lowest BCUT2D eigenvalue weighted by Crippen LogP contribution is -2.43. The van der Waals surface area contributed by atoms with Crippen LogP contribution in [-0.2, 0) is 14.8 Å². The van der Waals surface area contributed by atoms with Gasteiger partial charge < -0.3 is 4.74 Å². The van der Waals surface area contributed by atoms with Gasteiger partial charge in [0.2, 0.25) is 10.0 Å². The molecule has 2 heterocycles. The van der Waals surface area contributed by atoms with Gasteiger partial charge in [-0.2, -0.15) is 4.31 Å². The highest BCUT2D eigenvalue weighted by Crippen LogP contribution is 2.46. The molecule has 1 unspecified atom stereocenters. The van der Waals surface area contributed by atoms with Crippen LogP contribution in [0, 0.1) is 6.92 Å². The SMILES string of the molecule is Cc1ccc(S(=O)(=O)N2C(c3ccccc3)[C@H]3C[C@@H]2CO3)cc1. The molecule has 2 fully saturated rings. The average molecular weight is 329 g/mol. The van der Waals surface area contributed by atoms with Crippen molar-refractivity contribution in [1.82, 2.24) is 4.31 Å². The molecule has 0 spiro atoms. The molecule has 5 heteroatoms. The van der Waals surface area contributed by atoms with Gasteiger partial charge >= 0.3 is 0 Å². The zero-order valence-electron chi connectivity index (χ0n) is 12.9. The summed E-state index contributed by atoms with van der Waals surface area (Å²) in [7, 11) is -3.53. The first-order chi connectivity index (χ1) is 11.1. The molecule has 120 valence electrons. The molecule has 2 aromatic carbocycles. The molecule has 2 aromatic rings. The second-order valence-corrected chi connectivity index (χ2v) is 8.11. The molecule has 2 saturated heterocycles. The molecule has 2 aliphatic rings. The van der Waals surface area contributed by atoms with Crippen LogP contribution in [0.25, 0.3) is 0 Å². The number of rotatable bonds is 3. The second kappa shape index (κ2) is 5.44. The molecular weight excluding hydrogens is 310 g/mol. The predicted octanol–water partition coefficient (Wildman–Crippen LogP) is 2.90. The largest absolute Gasteiger partial charge is 0.374 e. The van der Waals surface area contributed by atoms with E-state index in [-0.39, 0.29) is 18.2 Å². The number of aryl methyl sites for hydroxylation is 1. The Bertz CT molecular complexity index is 802. The van der Waals surface area contributed by atoms with Gasteiger partial charge in [0.25, 0.3) is 0 Å². The van der Waals surface area contributed by atoms with Crippen LogP contribution >= 0.6 is 0 Å². The smallest absolute Gasteiger partial charge is 0.244 e. The van der Waals surface area contributed by atoms with E-state index in [1.54, 1.807) is 16.4 Å². The van der Waals surface area contributed by atoms with E-state index in [1.165, 1.54) is 0 Å². The van der Waals surface area contributed by atoms with Crippen LogP contribution in [0.3, 0.4) is 0 Å². The summed E-state index contributed by atoms with van der Waals surface area (Å²) in [4.78, 5) is 0.358. The average Bonchev–Trinajstić information content (AvgIpc) is 3.17. The lowest BCUT2D eigenvalue weighted by molar-refractivity contribution is 0.0198. The van der Waals surface area contributed by atoms with Crippen LogP contribution < -0.4 is 0 Å². The number of sulfonamides is 1. The standard InChI is InChI=1S/C18H19NO3S/c1-13-7-9-16(10-8-13)23(20,21)19-15-11-17(22-12-15)18(19)14-5-3-2-4-6-14/h2-10,15,17-18H,11-12H2,1H3/t15-,17-,18?/m1/s1. The Morgan fingerprint density at radius 1 is 1.04 bits per heavy atom. The zero-order valence-corrected chi connectivity index (χ0v) is 13.7. The predicted molar refractivity (Wildman–Crippen MR) is 87.5 cm³/mol. The van der Waals surface area contributed by atoms with E-state index in [0.717, 1.165) is 17.5 Å². The van der Waals surface area contributed by atoms with Gasteiger partial charge in [-0.1, -0.05) is 48.0 Å². The number of hydrogen-bond donors (Lipinski definition) is 0. The van der Waals surface area contributed by atoms with Crippen molar-refractivity contribution >= 4 is 10.0 Å². The van der Waals surface area contributed by atoms with Crippen molar-refractivity contribution in [3.63, 3.8) is 0 Å². The van der Waals surface area contributed by atoms with Gasteiger partial charge in [0, 0.05) is 0 Å². The van der Waals surface area contributed by atoms with Gasteiger partial charge in [-0.25, -0.2) is 8.42 Å². The Morgan fingerprint density at radius 2 is 1.74 bits per heavy atom. The molecule has 4 rings (SSSR count). The van der Waals surface area contributed by atoms with E-state index in [0.29, 0.717) is 11.5 Å². The third-order valence-corrected chi connectivity index (χ3v) is 6.68. The van der Waals surface area contributed by atoms with Gasteiger partial charge in [-0.15, -0.1) is 0 Å². The summed E-state index contributed by atoms with van der Waals surface area (Å²) in [5.41, 5.74) is 2.05. The van der Waals surface area contributed by atoms with Crippen molar-refractivity contribution in [3.05, 3.63) is 65.7 Å². The van der Waals surface area contributed by atoms with Gasteiger partial charge in [0.15, 0.2) is 0 Å². The van der Waals surface area contributed by atoms with E-state index in [2.05, 4.69) is 0 Å². The van der Waals surface area contributed by atoms with E-state index < -0.39 is 10.0 Å². The van der Waals surface area contributed by atoms with Crippen LogP contribution in [-0.4, -0.2) is 31.5 Å². The Morgan fingerprint density at radius 3 is 2.43 bits per heavy atom. The third-order valence-electron chi connectivity index (χ3n) is 4.73. The lowest BCUT2D eigenvalue weighted by Gasteiger charge is -2.34. The lowest BCUT2D eigenvalue weighted by atomic mass is 10.0. The minimum atomic E-state index is -3.53. The number of morpholine rings is 1. The topological polar surface area (TPSA) is 46.6 Å². The van der Waals surface area contributed by atoms with E-state index in [4.69, 9.17) is 4.74 Å². The van der Waals surface area contributed by atoms with Crippen molar-refractivity contribution in [3.8, 4) is 0 Å². The monoisotopic (exact) mass is 329 g/mol. The number of fused-ring (bicyclic) bond motifs is 2. The second-order valence-electron chi connectivity index (χ2n) is 6.26. The van der Waals surface area contributed by atoms with Gasteiger partial charge in [-0.05, 0) is 31.0 Å². The molecule has 0 aromatic heterocycles. The van der Waals surface area contributed by atoms with Crippen molar-refractivity contribution in [2.45, 2.75) is 36.4 Å². The van der Waals surface area contributed by atoms with Crippen LogP contribution in [0.4, 0.5) is 0 Å². The van der Waals surface area contributed by atoms with Gasteiger partial charge in [-0.3, -0.25) is 0 Å². The maximum atomic E-state index is 13.2. The Labute approximate surface area is 136 Å². The van der Waals surface area contributed by atoms with Crippen molar-refractivity contribution in [2.75, 3.05) is 6.61 Å². The highest BCUT2D eigenvalue weighted by atomic mass is 32.2. The summed E-state index contributed by atoms with van der Waals surface area (Å²) in [5.74, 6) is 0. The summed E-state index contributed by atoms with van der Waals surface area (Å²) in [6.07, 6.45) is 0.715. The van der Waals surface area contributed by atoms with Crippen molar-refractivity contribution in [1.29, 1.82) is 0 Å². The van der Waals surface area contributed by atoms with Crippen LogP contribution in [0.1, 0.15) is 23.6 Å². The maximum absolute atomic E-state index is 13.2. The summed E-state index contributed by atoms with van der Waals surface area (Å²) in [5, 5.41) is 0. The van der Waals surface area contributed by atoms with Gasteiger partial charge in [0.05, 0.1) is 29.7 Å².